The van der Waals surface area contributed by atoms with Crippen LogP contribution in [0.4, 0.5) is 0 Å². The van der Waals surface area contributed by atoms with Gasteiger partial charge in [0.05, 0.1) is 4.36 Å². The van der Waals surface area contributed by atoms with E-state index in [1.54, 1.807) is 0 Å². The average Bonchev–Trinajstić information content (AvgIpc) is 1.83. The summed E-state index contributed by atoms with van der Waals surface area (Å²) in [7, 11) is 0. The van der Waals surface area contributed by atoms with Crippen LogP contribution in [-0.4, -0.2) is 0 Å². The summed E-state index contributed by atoms with van der Waals surface area (Å²) in [5, 5.41) is 1.95. The minimum atomic E-state index is 0.822. The number of hydrogen-bond acceptors (Lipinski definition) is 1. The summed E-state index contributed by atoms with van der Waals surface area (Å²) in [4.78, 5) is 0. The molecule has 0 bridgehead atoms. The highest BCUT2D eigenvalue weighted by molar-refractivity contribution is 8.07. The quantitative estimate of drug-likeness (QED) is 0.579. The van der Waals surface area contributed by atoms with E-state index in [0.29, 0.717) is 0 Å². The van der Waals surface area contributed by atoms with Gasteiger partial charge in [-0.1, -0.05) is 35.5 Å². The van der Waals surface area contributed by atoms with Gasteiger partial charge in [0.2, 0.25) is 0 Å². The first-order chi connectivity index (χ1) is 3.81. The minimum absolute atomic E-state index is 0.822. The molecule has 0 aliphatic carbocycles. The monoisotopic (exact) mass is 148 g/mol. The fourth-order valence-electron chi connectivity index (χ4n) is 0.201. The second-order valence-electron chi connectivity index (χ2n) is 1.18. The van der Waals surface area contributed by atoms with Gasteiger partial charge < -0.3 is 0 Å². The van der Waals surface area contributed by atoms with Crippen molar-refractivity contribution in [2.75, 3.05) is 0 Å². The Morgan fingerprint density at radius 2 is 2.12 bits per heavy atom. The molecule has 0 aromatic carbocycles. The molecule has 0 spiro atoms. The Kier molecular flexibility index (Phi) is 5.34. The van der Waals surface area contributed by atoms with Crippen LogP contribution >= 0.6 is 23.4 Å². The Hall–Kier alpha value is 0.120. The minimum Gasteiger partial charge on any atom is -0.0864 e. The van der Waals surface area contributed by atoms with Gasteiger partial charge in [-0.3, -0.25) is 0 Å². The lowest BCUT2D eigenvalue weighted by Crippen LogP contribution is -1.52. The highest BCUT2D eigenvalue weighted by atomic mass is 35.5. The molecular weight excluding hydrogens is 140 g/mol. The summed E-state index contributed by atoms with van der Waals surface area (Å²) < 4.78 is 0.822. The summed E-state index contributed by atoms with van der Waals surface area (Å²) in [5.41, 5.74) is 0. The van der Waals surface area contributed by atoms with E-state index in [-0.39, 0.29) is 0 Å². The normalized spacial score (nSPS) is 13.1. The zero-order chi connectivity index (χ0) is 6.41. The molecule has 0 saturated heterocycles. The lowest BCUT2D eigenvalue weighted by atomic mass is 10.8. The SMILES string of the molecule is C/C=C\S/C(Cl)=C\C. The molecule has 8 heavy (non-hydrogen) atoms. The van der Waals surface area contributed by atoms with Crippen LogP contribution in [0, 0.1) is 0 Å². The zero-order valence-electron chi connectivity index (χ0n) is 5.02. The summed E-state index contributed by atoms with van der Waals surface area (Å²) in [6.45, 7) is 3.88. The van der Waals surface area contributed by atoms with Crippen molar-refractivity contribution < 1.29 is 0 Å². The Balaban J connectivity index is 3.40. The highest BCUT2D eigenvalue weighted by Gasteiger charge is 1.81. The van der Waals surface area contributed by atoms with E-state index >= 15 is 0 Å². The molecule has 0 N–H and O–H groups in total. The predicted molar refractivity (Wildman–Crippen MR) is 42.0 cm³/mol. The second-order valence-corrected chi connectivity index (χ2v) is 2.76. The summed E-state index contributed by atoms with van der Waals surface area (Å²) in [5.74, 6) is 0. The van der Waals surface area contributed by atoms with Gasteiger partial charge in [0.1, 0.15) is 0 Å². The molecule has 0 fully saturated rings. The van der Waals surface area contributed by atoms with Gasteiger partial charge in [0.25, 0.3) is 0 Å². The van der Waals surface area contributed by atoms with E-state index in [9.17, 15) is 0 Å². The molecule has 0 saturated carbocycles. The van der Waals surface area contributed by atoms with Gasteiger partial charge in [-0.15, -0.1) is 0 Å². The third-order valence-electron chi connectivity index (χ3n) is 0.544. The summed E-state index contributed by atoms with van der Waals surface area (Å²) in [6, 6.07) is 0. The maximum absolute atomic E-state index is 5.62. The standard InChI is InChI=1S/C6H9ClS/c1-3-5-8-6(7)4-2/h3-5H,1-2H3/b5-3-,6-4-. The van der Waals surface area contributed by atoms with Crippen LogP contribution in [0.15, 0.2) is 21.9 Å². The molecule has 0 rings (SSSR count). The molecule has 2 heteroatoms. The molecular formula is C6H9ClS. The Morgan fingerprint density at radius 1 is 1.50 bits per heavy atom. The maximum Gasteiger partial charge on any atom is 0.0733 e. The molecule has 0 atom stereocenters. The number of allylic oxidation sites excluding steroid dienone is 2. The van der Waals surface area contributed by atoms with E-state index in [4.69, 9.17) is 11.6 Å². The van der Waals surface area contributed by atoms with E-state index in [0.717, 1.165) is 4.36 Å². The third-order valence-corrected chi connectivity index (χ3v) is 1.90. The topological polar surface area (TPSA) is 0 Å². The van der Waals surface area contributed by atoms with Crippen molar-refractivity contribution >= 4 is 23.4 Å². The first kappa shape index (κ1) is 8.12. The Labute approximate surface area is 59.6 Å². The van der Waals surface area contributed by atoms with Crippen molar-refractivity contribution in [3.05, 3.63) is 21.9 Å². The molecule has 0 radical (unpaired) electrons. The van der Waals surface area contributed by atoms with Gasteiger partial charge in [-0.05, 0) is 19.3 Å². The second kappa shape index (κ2) is 5.26. The van der Waals surface area contributed by atoms with E-state index in [1.165, 1.54) is 11.8 Å². The number of hydrogen-bond donors (Lipinski definition) is 0. The average molecular weight is 149 g/mol. The molecule has 0 unspecified atom stereocenters. The van der Waals surface area contributed by atoms with Crippen LogP contribution in [0.2, 0.25) is 0 Å². The Bertz CT molecular complexity index is 105. The zero-order valence-corrected chi connectivity index (χ0v) is 6.59. The molecule has 0 nitrogen and oxygen atoms in total. The summed E-state index contributed by atoms with van der Waals surface area (Å²) in [6.07, 6.45) is 3.82. The van der Waals surface area contributed by atoms with Crippen molar-refractivity contribution in [1.82, 2.24) is 0 Å². The van der Waals surface area contributed by atoms with E-state index in [1.807, 2.05) is 31.4 Å². The lowest BCUT2D eigenvalue weighted by molar-refractivity contribution is 1.76. The highest BCUT2D eigenvalue weighted by Crippen LogP contribution is 2.19. The first-order valence-corrected chi connectivity index (χ1v) is 3.66. The van der Waals surface area contributed by atoms with Gasteiger partial charge in [-0.2, -0.15) is 0 Å². The van der Waals surface area contributed by atoms with Crippen molar-refractivity contribution in [2.45, 2.75) is 13.8 Å². The van der Waals surface area contributed by atoms with E-state index in [2.05, 4.69) is 0 Å². The molecule has 0 aliphatic rings. The van der Waals surface area contributed by atoms with Gasteiger partial charge >= 0.3 is 0 Å². The first-order valence-electron chi connectivity index (χ1n) is 2.41. The molecule has 0 heterocycles. The van der Waals surface area contributed by atoms with Gasteiger partial charge in [-0.25, -0.2) is 0 Å². The van der Waals surface area contributed by atoms with Crippen LogP contribution in [0.25, 0.3) is 0 Å². The maximum atomic E-state index is 5.62. The van der Waals surface area contributed by atoms with Crippen LogP contribution in [0.5, 0.6) is 0 Å². The number of halogens is 1. The fourth-order valence-corrected chi connectivity index (χ4v) is 0.758. The number of thioether (sulfide) groups is 1. The molecule has 0 aromatic heterocycles. The van der Waals surface area contributed by atoms with Crippen LogP contribution in [-0.2, 0) is 0 Å². The molecule has 0 amide bonds. The van der Waals surface area contributed by atoms with Crippen LogP contribution < -0.4 is 0 Å². The fraction of sp³-hybridized carbons (Fsp3) is 0.333. The smallest absolute Gasteiger partial charge is 0.0733 e. The van der Waals surface area contributed by atoms with Crippen molar-refractivity contribution in [3.63, 3.8) is 0 Å². The molecule has 46 valence electrons. The Morgan fingerprint density at radius 3 is 2.50 bits per heavy atom. The third kappa shape index (κ3) is 4.28. The van der Waals surface area contributed by atoms with Crippen LogP contribution in [0.1, 0.15) is 13.8 Å². The van der Waals surface area contributed by atoms with Gasteiger partial charge in [0, 0.05) is 0 Å². The van der Waals surface area contributed by atoms with E-state index < -0.39 is 0 Å². The molecule has 0 aliphatic heterocycles. The van der Waals surface area contributed by atoms with Crippen LogP contribution in [0.3, 0.4) is 0 Å². The lowest BCUT2D eigenvalue weighted by Gasteiger charge is -1.85. The van der Waals surface area contributed by atoms with Crippen molar-refractivity contribution in [3.8, 4) is 0 Å². The number of rotatable bonds is 2. The summed E-state index contributed by atoms with van der Waals surface area (Å²) >= 11 is 7.14. The predicted octanol–water partition coefficient (Wildman–Crippen LogP) is 3.35. The largest absolute Gasteiger partial charge is 0.0864 e. The van der Waals surface area contributed by atoms with Crippen molar-refractivity contribution in [1.29, 1.82) is 0 Å². The van der Waals surface area contributed by atoms with Crippen molar-refractivity contribution in [2.24, 2.45) is 0 Å². The molecule has 0 aromatic rings. The van der Waals surface area contributed by atoms with Gasteiger partial charge in [0.15, 0.2) is 0 Å².